The summed E-state index contributed by atoms with van der Waals surface area (Å²) in [5, 5.41) is 20.8. The number of benzene rings is 1. The highest BCUT2D eigenvalue weighted by Crippen LogP contribution is 2.24. The maximum atomic E-state index is 11.0. The maximum absolute atomic E-state index is 11.0. The van der Waals surface area contributed by atoms with E-state index in [-0.39, 0.29) is 16.7 Å². The molecule has 0 aliphatic rings. The van der Waals surface area contributed by atoms with Crippen LogP contribution in [0, 0.1) is 10.1 Å². The molecule has 0 saturated heterocycles. The highest BCUT2D eigenvalue weighted by Gasteiger charge is 2.15. The fourth-order valence-corrected chi connectivity index (χ4v) is 2.08. The highest BCUT2D eigenvalue weighted by molar-refractivity contribution is 9.10. The average Bonchev–Trinajstić information content (AvgIpc) is 2.90. The number of aromatic nitrogens is 2. The fraction of sp³-hybridized carbons (Fsp3) is 0.250. The summed E-state index contributed by atoms with van der Waals surface area (Å²) in [4.78, 5) is 10.6. The second-order valence-corrected chi connectivity index (χ2v) is 5.08. The average molecular weight is 325 g/mol. The van der Waals surface area contributed by atoms with Crippen LogP contribution < -0.4 is 5.32 Å². The summed E-state index contributed by atoms with van der Waals surface area (Å²) in [6, 6.07) is 5.13. The molecule has 2 aromatic rings. The van der Waals surface area contributed by atoms with E-state index in [0.717, 1.165) is 5.56 Å². The Hall–Kier alpha value is -1.73. The number of hydrogen-bond acceptors (Lipinski definition) is 4. The van der Waals surface area contributed by atoms with Crippen molar-refractivity contribution in [3.05, 3.63) is 56.3 Å². The molecule has 0 spiro atoms. The van der Waals surface area contributed by atoms with Gasteiger partial charge in [-0.2, -0.15) is 5.10 Å². The van der Waals surface area contributed by atoms with Crippen LogP contribution in [0.3, 0.4) is 0 Å². The van der Waals surface area contributed by atoms with Crippen molar-refractivity contribution in [2.24, 2.45) is 0 Å². The number of rotatable bonds is 5. The Morgan fingerprint density at radius 3 is 3.00 bits per heavy atom. The summed E-state index contributed by atoms with van der Waals surface area (Å²) < 4.78 is 0.700. The molecule has 1 heterocycles. The van der Waals surface area contributed by atoms with E-state index in [1.54, 1.807) is 24.5 Å². The van der Waals surface area contributed by atoms with Gasteiger partial charge in [-0.05, 0) is 19.1 Å². The lowest BCUT2D eigenvalue weighted by Gasteiger charge is -2.12. The summed E-state index contributed by atoms with van der Waals surface area (Å²) in [6.07, 6.45) is 3.53. The highest BCUT2D eigenvalue weighted by atomic mass is 79.9. The summed E-state index contributed by atoms with van der Waals surface area (Å²) in [7, 11) is 0. The van der Waals surface area contributed by atoms with Crippen molar-refractivity contribution in [1.29, 1.82) is 0 Å². The molecule has 2 N–H and O–H groups in total. The summed E-state index contributed by atoms with van der Waals surface area (Å²) >= 11 is 3.24. The molecule has 19 heavy (non-hydrogen) atoms. The lowest BCUT2D eigenvalue weighted by Crippen LogP contribution is -2.18. The number of aromatic amines is 1. The second kappa shape index (κ2) is 5.94. The van der Waals surface area contributed by atoms with Gasteiger partial charge in [-0.25, -0.2) is 0 Å². The normalized spacial score (nSPS) is 12.3. The van der Waals surface area contributed by atoms with Gasteiger partial charge in [-0.3, -0.25) is 15.2 Å². The Bertz CT molecular complexity index is 571. The third kappa shape index (κ3) is 3.39. The van der Waals surface area contributed by atoms with Gasteiger partial charge in [0.15, 0.2) is 0 Å². The van der Waals surface area contributed by atoms with Crippen LogP contribution in [-0.2, 0) is 6.54 Å². The number of nitrogens with zero attached hydrogens (tertiary/aromatic N) is 2. The minimum atomic E-state index is -0.371. The smallest absolute Gasteiger partial charge is 0.275 e. The third-order valence-corrected chi connectivity index (χ3v) is 3.36. The Kier molecular flexibility index (Phi) is 4.28. The van der Waals surface area contributed by atoms with E-state index < -0.39 is 0 Å². The first-order valence-electron chi connectivity index (χ1n) is 5.73. The van der Waals surface area contributed by atoms with E-state index >= 15 is 0 Å². The van der Waals surface area contributed by atoms with Gasteiger partial charge in [0, 0.05) is 40.4 Å². The van der Waals surface area contributed by atoms with E-state index in [9.17, 15) is 10.1 Å². The minimum absolute atomic E-state index is 0.0713. The Morgan fingerprint density at radius 2 is 2.37 bits per heavy atom. The largest absolute Gasteiger partial charge is 0.306 e. The van der Waals surface area contributed by atoms with Gasteiger partial charge >= 0.3 is 0 Å². The molecular weight excluding hydrogens is 312 g/mol. The van der Waals surface area contributed by atoms with Gasteiger partial charge in [0.1, 0.15) is 0 Å². The molecular formula is C12H13BrN4O2. The first-order chi connectivity index (χ1) is 9.08. The van der Waals surface area contributed by atoms with Crippen molar-refractivity contribution in [2.75, 3.05) is 0 Å². The van der Waals surface area contributed by atoms with E-state index in [4.69, 9.17) is 0 Å². The molecule has 1 aromatic carbocycles. The lowest BCUT2D eigenvalue weighted by molar-refractivity contribution is -0.385. The van der Waals surface area contributed by atoms with Gasteiger partial charge in [-0.1, -0.05) is 15.9 Å². The Morgan fingerprint density at radius 1 is 1.58 bits per heavy atom. The first-order valence-corrected chi connectivity index (χ1v) is 6.52. The van der Waals surface area contributed by atoms with Crippen molar-refractivity contribution in [2.45, 2.75) is 19.5 Å². The molecule has 0 amide bonds. The molecule has 0 aliphatic heterocycles. The van der Waals surface area contributed by atoms with Crippen molar-refractivity contribution >= 4 is 21.6 Å². The van der Waals surface area contributed by atoms with Gasteiger partial charge in [0.05, 0.1) is 11.1 Å². The quantitative estimate of drug-likeness (QED) is 0.654. The van der Waals surface area contributed by atoms with Crippen molar-refractivity contribution in [3.8, 4) is 0 Å². The number of hydrogen-bond donors (Lipinski definition) is 2. The Balaban J connectivity index is 2.09. The van der Waals surface area contributed by atoms with E-state index in [1.807, 2.05) is 6.92 Å². The standard InChI is InChI=1S/C12H13BrN4O2/c1-8(10-6-15-16-7-10)14-5-9-2-3-11(13)4-12(9)17(18)19/h2-4,6-8,14H,5H2,1H3,(H,15,16). The molecule has 1 unspecified atom stereocenters. The van der Waals surface area contributed by atoms with Gasteiger partial charge in [0.2, 0.25) is 0 Å². The molecule has 7 heteroatoms. The lowest BCUT2D eigenvalue weighted by atomic mass is 10.1. The number of halogens is 1. The van der Waals surface area contributed by atoms with E-state index in [2.05, 4.69) is 31.4 Å². The third-order valence-electron chi connectivity index (χ3n) is 2.86. The number of nitro benzene ring substituents is 1. The molecule has 1 atom stereocenters. The van der Waals surface area contributed by atoms with Gasteiger partial charge in [-0.15, -0.1) is 0 Å². The summed E-state index contributed by atoms with van der Waals surface area (Å²) in [5.74, 6) is 0. The number of H-pyrrole nitrogens is 1. The topological polar surface area (TPSA) is 83.8 Å². The van der Waals surface area contributed by atoms with Gasteiger partial charge < -0.3 is 5.32 Å². The van der Waals surface area contributed by atoms with Crippen LogP contribution in [0.1, 0.15) is 24.1 Å². The second-order valence-electron chi connectivity index (χ2n) is 4.16. The van der Waals surface area contributed by atoms with E-state index in [0.29, 0.717) is 16.6 Å². The van der Waals surface area contributed by atoms with Gasteiger partial charge in [0.25, 0.3) is 5.69 Å². The Labute approximate surface area is 118 Å². The maximum Gasteiger partial charge on any atom is 0.275 e. The zero-order chi connectivity index (χ0) is 13.8. The van der Waals surface area contributed by atoms with Crippen LogP contribution in [0.4, 0.5) is 5.69 Å². The van der Waals surface area contributed by atoms with Crippen LogP contribution in [-0.4, -0.2) is 15.1 Å². The van der Waals surface area contributed by atoms with Crippen LogP contribution in [0.2, 0.25) is 0 Å². The first kappa shape index (κ1) is 13.7. The molecule has 1 aromatic heterocycles. The predicted molar refractivity (Wildman–Crippen MR) is 74.6 cm³/mol. The van der Waals surface area contributed by atoms with Crippen LogP contribution in [0.15, 0.2) is 35.1 Å². The van der Waals surface area contributed by atoms with Crippen molar-refractivity contribution in [3.63, 3.8) is 0 Å². The molecule has 0 bridgehead atoms. The SMILES string of the molecule is CC(NCc1ccc(Br)cc1[N+](=O)[O-])c1cn[nH]c1. The van der Waals surface area contributed by atoms with E-state index in [1.165, 1.54) is 6.07 Å². The van der Waals surface area contributed by atoms with Crippen molar-refractivity contribution in [1.82, 2.24) is 15.5 Å². The monoisotopic (exact) mass is 324 g/mol. The molecule has 2 rings (SSSR count). The zero-order valence-electron chi connectivity index (χ0n) is 10.3. The van der Waals surface area contributed by atoms with Crippen LogP contribution >= 0.6 is 15.9 Å². The molecule has 0 radical (unpaired) electrons. The predicted octanol–water partition coefficient (Wildman–Crippen LogP) is 2.93. The molecule has 6 nitrogen and oxygen atoms in total. The molecule has 0 saturated carbocycles. The van der Waals surface area contributed by atoms with Crippen molar-refractivity contribution < 1.29 is 4.92 Å². The fourth-order valence-electron chi connectivity index (χ4n) is 1.74. The summed E-state index contributed by atoms with van der Waals surface area (Å²) in [5.41, 5.74) is 1.78. The molecule has 0 fully saturated rings. The molecule has 100 valence electrons. The van der Waals surface area contributed by atoms with Crippen LogP contribution in [0.25, 0.3) is 0 Å². The summed E-state index contributed by atoms with van der Waals surface area (Å²) in [6.45, 7) is 2.41. The minimum Gasteiger partial charge on any atom is -0.306 e. The number of nitrogens with one attached hydrogen (secondary N) is 2. The number of nitro groups is 1. The molecule has 0 aliphatic carbocycles. The van der Waals surface area contributed by atoms with Crippen LogP contribution in [0.5, 0.6) is 0 Å². The zero-order valence-corrected chi connectivity index (χ0v) is 11.8.